The maximum Gasteiger partial charge on any atom is 0.152 e. The lowest BCUT2D eigenvalue weighted by molar-refractivity contribution is 0.597. The van der Waals surface area contributed by atoms with Crippen LogP contribution in [0.5, 0.6) is 0 Å². The van der Waals surface area contributed by atoms with E-state index in [9.17, 15) is 8.42 Å². The Bertz CT molecular complexity index is 560. The van der Waals surface area contributed by atoms with Crippen molar-refractivity contribution in [2.24, 2.45) is 0 Å². The van der Waals surface area contributed by atoms with Crippen molar-refractivity contribution in [3.63, 3.8) is 0 Å². The predicted molar refractivity (Wildman–Crippen MR) is 84.3 cm³/mol. The van der Waals surface area contributed by atoms with Gasteiger partial charge in [-0.3, -0.25) is 0 Å². The van der Waals surface area contributed by atoms with Gasteiger partial charge in [0.2, 0.25) is 0 Å². The normalized spacial score (nSPS) is 18.8. The summed E-state index contributed by atoms with van der Waals surface area (Å²) in [6.07, 6.45) is 0.686. The minimum atomic E-state index is -2.88. The molecule has 0 atom stereocenters. The van der Waals surface area contributed by atoms with E-state index in [2.05, 4.69) is 17.1 Å². The summed E-state index contributed by atoms with van der Waals surface area (Å²) in [7, 11) is -2.88. The van der Waals surface area contributed by atoms with Gasteiger partial charge in [-0.1, -0.05) is 18.5 Å². The molecule has 20 heavy (non-hydrogen) atoms. The van der Waals surface area contributed by atoms with Crippen LogP contribution in [0.2, 0.25) is 5.02 Å². The van der Waals surface area contributed by atoms with Crippen LogP contribution in [-0.4, -0.2) is 39.6 Å². The molecule has 1 fully saturated rings. The molecule has 112 valence electrons. The molecule has 0 bridgehead atoms. The maximum atomic E-state index is 11.7. The van der Waals surface area contributed by atoms with Gasteiger partial charge in [0.05, 0.1) is 11.5 Å². The molecular weight excluding hydrogens is 296 g/mol. The van der Waals surface area contributed by atoms with Crippen LogP contribution in [0.25, 0.3) is 0 Å². The van der Waals surface area contributed by atoms with Crippen molar-refractivity contribution >= 4 is 27.1 Å². The SMILES string of the molecule is CCNCc1cc(Cl)ccc1N1CCCS(=O)(=O)CC1. The highest BCUT2D eigenvalue weighted by molar-refractivity contribution is 7.91. The van der Waals surface area contributed by atoms with E-state index in [4.69, 9.17) is 11.6 Å². The fourth-order valence-corrected chi connectivity index (χ4v) is 3.91. The number of rotatable bonds is 4. The van der Waals surface area contributed by atoms with Crippen LogP contribution in [0.3, 0.4) is 0 Å². The molecule has 0 unspecified atom stereocenters. The third-order valence-electron chi connectivity index (χ3n) is 3.50. The minimum absolute atomic E-state index is 0.232. The zero-order valence-electron chi connectivity index (χ0n) is 11.7. The third kappa shape index (κ3) is 4.11. The fourth-order valence-electron chi connectivity index (χ4n) is 2.44. The molecule has 1 aliphatic heterocycles. The van der Waals surface area contributed by atoms with Gasteiger partial charge in [-0.25, -0.2) is 8.42 Å². The average molecular weight is 317 g/mol. The number of anilines is 1. The second kappa shape index (κ2) is 6.78. The summed E-state index contributed by atoms with van der Waals surface area (Å²) in [5.41, 5.74) is 2.21. The van der Waals surface area contributed by atoms with E-state index in [1.807, 2.05) is 18.2 Å². The Morgan fingerprint density at radius 3 is 2.85 bits per heavy atom. The van der Waals surface area contributed by atoms with Crippen molar-refractivity contribution < 1.29 is 8.42 Å². The summed E-state index contributed by atoms with van der Waals surface area (Å²) in [6.45, 7) is 5.03. The molecule has 2 rings (SSSR count). The molecule has 1 aromatic carbocycles. The number of sulfone groups is 1. The molecule has 0 spiro atoms. The Hall–Kier alpha value is -0.780. The first-order valence-corrected chi connectivity index (χ1v) is 9.16. The first-order valence-electron chi connectivity index (χ1n) is 6.96. The van der Waals surface area contributed by atoms with Gasteiger partial charge in [0.25, 0.3) is 0 Å². The molecule has 0 saturated carbocycles. The number of nitrogens with one attached hydrogen (secondary N) is 1. The number of hydrogen-bond acceptors (Lipinski definition) is 4. The van der Waals surface area contributed by atoms with Gasteiger partial charge in [-0.2, -0.15) is 0 Å². The Morgan fingerprint density at radius 2 is 2.10 bits per heavy atom. The second-order valence-corrected chi connectivity index (χ2v) is 7.79. The summed E-state index contributed by atoms with van der Waals surface area (Å²) in [6, 6.07) is 5.82. The smallest absolute Gasteiger partial charge is 0.152 e. The molecule has 1 aromatic rings. The van der Waals surface area contributed by atoms with E-state index in [1.54, 1.807) is 0 Å². The molecule has 6 heteroatoms. The maximum absolute atomic E-state index is 11.7. The van der Waals surface area contributed by atoms with E-state index >= 15 is 0 Å². The molecule has 1 aliphatic rings. The largest absolute Gasteiger partial charge is 0.370 e. The van der Waals surface area contributed by atoms with Gasteiger partial charge in [0.1, 0.15) is 0 Å². The van der Waals surface area contributed by atoms with Crippen molar-refractivity contribution in [2.45, 2.75) is 19.9 Å². The zero-order valence-corrected chi connectivity index (χ0v) is 13.3. The van der Waals surface area contributed by atoms with Crippen molar-refractivity contribution in [2.75, 3.05) is 36.0 Å². The molecule has 0 radical (unpaired) electrons. The van der Waals surface area contributed by atoms with Crippen LogP contribution in [-0.2, 0) is 16.4 Å². The van der Waals surface area contributed by atoms with Gasteiger partial charge in [-0.15, -0.1) is 0 Å². The standard InChI is InChI=1S/C14H21ClN2O2S/c1-2-16-11-12-10-13(15)4-5-14(12)17-6-3-8-20(18,19)9-7-17/h4-5,10,16H,2-3,6-9,11H2,1H3. The Kier molecular flexibility index (Phi) is 5.29. The van der Waals surface area contributed by atoms with Crippen LogP contribution in [0.1, 0.15) is 18.9 Å². The molecule has 1 heterocycles. The van der Waals surface area contributed by atoms with Gasteiger partial charge in [0.15, 0.2) is 9.84 Å². The van der Waals surface area contributed by atoms with Crippen LogP contribution in [0, 0.1) is 0 Å². The lowest BCUT2D eigenvalue weighted by atomic mass is 10.1. The van der Waals surface area contributed by atoms with E-state index in [1.165, 1.54) is 0 Å². The Balaban J connectivity index is 2.22. The van der Waals surface area contributed by atoms with Crippen molar-refractivity contribution in [3.8, 4) is 0 Å². The number of benzene rings is 1. The van der Waals surface area contributed by atoms with Crippen LogP contribution in [0.4, 0.5) is 5.69 Å². The van der Waals surface area contributed by atoms with Crippen molar-refractivity contribution in [3.05, 3.63) is 28.8 Å². The van der Waals surface area contributed by atoms with Crippen molar-refractivity contribution in [1.82, 2.24) is 5.32 Å². The van der Waals surface area contributed by atoms with E-state index < -0.39 is 9.84 Å². The van der Waals surface area contributed by atoms with E-state index in [0.717, 1.165) is 30.9 Å². The predicted octanol–water partition coefficient (Wildman–Crippen LogP) is 2.07. The van der Waals surface area contributed by atoms with Crippen LogP contribution in [0.15, 0.2) is 18.2 Å². The molecule has 1 N–H and O–H groups in total. The third-order valence-corrected chi connectivity index (χ3v) is 5.45. The summed E-state index contributed by atoms with van der Waals surface area (Å²) in [5.74, 6) is 0.524. The lowest BCUT2D eigenvalue weighted by Gasteiger charge is -2.25. The fraction of sp³-hybridized carbons (Fsp3) is 0.571. The first kappa shape index (κ1) is 15.6. The summed E-state index contributed by atoms with van der Waals surface area (Å²) in [5, 5.41) is 4.01. The molecule has 0 aliphatic carbocycles. The summed E-state index contributed by atoms with van der Waals surface area (Å²) < 4.78 is 23.4. The minimum Gasteiger partial charge on any atom is -0.370 e. The Labute approximate surface area is 126 Å². The summed E-state index contributed by atoms with van der Waals surface area (Å²) in [4.78, 5) is 2.16. The molecule has 0 amide bonds. The van der Waals surface area contributed by atoms with Gasteiger partial charge in [0, 0.05) is 30.3 Å². The monoisotopic (exact) mass is 316 g/mol. The second-order valence-electron chi connectivity index (χ2n) is 5.05. The molecule has 1 saturated heterocycles. The molecule has 0 aromatic heterocycles. The number of nitrogens with zero attached hydrogens (tertiary/aromatic N) is 1. The van der Waals surface area contributed by atoms with Gasteiger partial charge >= 0.3 is 0 Å². The highest BCUT2D eigenvalue weighted by atomic mass is 35.5. The lowest BCUT2D eigenvalue weighted by Crippen LogP contribution is -2.28. The zero-order chi connectivity index (χ0) is 14.6. The molecular formula is C14H21ClN2O2S. The Morgan fingerprint density at radius 1 is 1.30 bits per heavy atom. The van der Waals surface area contributed by atoms with Crippen LogP contribution >= 0.6 is 11.6 Å². The average Bonchev–Trinajstić information content (AvgIpc) is 2.58. The highest BCUT2D eigenvalue weighted by Gasteiger charge is 2.20. The molecule has 4 nitrogen and oxygen atoms in total. The number of hydrogen-bond donors (Lipinski definition) is 1. The van der Waals surface area contributed by atoms with Crippen molar-refractivity contribution in [1.29, 1.82) is 0 Å². The highest BCUT2D eigenvalue weighted by Crippen LogP contribution is 2.25. The quantitative estimate of drug-likeness (QED) is 0.924. The summed E-state index contributed by atoms with van der Waals surface area (Å²) >= 11 is 6.07. The van der Waals surface area contributed by atoms with Gasteiger partial charge < -0.3 is 10.2 Å². The van der Waals surface area contributed by atoms with E-state index in [0.29, 0.717) is 23.7 Å². The van der Waals surface area contributed by atoms with Gasteiger partial charge in [-0.05, 0) is 36.7 Å². The topological polar surface area (TPSA) is 49.4 Å². The van der Waals surface area contributed by atoms with Crippen LogP contribution < -0.4 is 10.2 Å². The number of halogens is 1. The first-order chi connectivity index (χ1) is 9.52. The van der Waals surface area contributed by atoms with E-state index in [-0.39, 0.29) is 5.75 Å².